The molecule has 7 nitrogen and oxygen atoms in total. The first kappa shape index (κ1) is 22.6. The molecule has 0 aliphatic carbocycles. The zero-order valence-electron chi connectivity index (χ0n) is 16.5. The van der Waals surface area contributed by atoms with E-state index in [1.165, 1.54) is 0 Å². The maximum Gasteiger partial charge on any atom is 0.274 e. The van der Waals surface area contributed by atoms with Gasteiger partial charge in [0.25, 0.3) is 11.8 Å². The fraction of sp³-hybridized carbons (Fsp3) is 0.286. The second-order valence-electron chi connectivity index (χ2n) is 6.54. The van der Waals surface area contributed by atoms with Gasteiger partial charge in [-0.25, -0.2) is 10.9 Å². The number of hydrogen-bond donors (Lipinski definition) is 1. The van der Waals surface area contributed by atoms with Crippen molar-refractivity contribution in [2.75, 3.05) is 33.0 Å². The van der Waals surface area contributed by atoms with E-state index in [1.54, 1.807) is 54.6 Å². The fourth-order valence-corrected chi connectivity index (χ4v) is 3.07. The molecule has 8 heteroatoms. The second-order valence-corrected chi connectivity index (χ2v) is 7.49. The Balaban J connectivity index is 1.83. The third-order valence-corrected chi connectivity index (χ3v) is 4.83. The van der Waals surface area contributed by atoms with Gasteiger partial charge in [0.2, 0.25) is 5.12 Å². The molecule has 2 rings (SSSR count). The van der Waals surface area contributed by atoms with Crippen molar-refractivity contribution < 1.29 is 19.1 Å². The molecule has 2 N–H and O–H groups in total. The van der Waals surface area contributed by atoms with Crippen LogP contribution in [0.3, 0.4) is 0 Å². The molecule has 0 radical (unpaired) electrons. The van der Waals surface area contributed by atoms with Gasteiger partial charge in [-0.05, 0) is 44.8 Å². The number of nitrogens with two attached hydrogens (primary N) is 1. The smallest absolute Gasteiger partial charge is 0.274 e. The Labute approximate surface area is 174 Å². The first-order valence-corrected chi connectivity index (χ1v) is 10.1. The first-order valence-electron chi connectivity index (χ1n) is 9.10. The highest BCUT2D eigenvalue weighted by Crippen LogP contribution is 2.15. The van der Waals surface area contributed by atoms with Gasteiger partial charge in [-0.2, -0.15) is 0 Å². The van der Waals surface area contributed by atoms with Crippen LogP contribution in [-0.4, -0.2) is 59.8 Å². The van der Waals surface area contributed by atoms with Crippen molar-refractivity contribution in [2.24, 2.45) is 5.84 Å². The van der Waals surface area contributed by atoms with E-state index in [0.29, 0.717) is 22.9 Å². The Morgan fingerprint density at radius 1 is 0.966 bits per heavy atom. The second kappa shape index (κ2) is 11.4. The number of hydrogen-bond acceptors (Lipinski definition) is 7. The predicted molar refractivity (Wildman–Crippen MR) is 114 cm³/mol. The summed E-state index contributed by atoms with van der Waals surface area (Å²) in [5, 5.41) is 0.286. The van der Waals surface area contributed by atoms with Gasteiger partial charge >= 0.3 is 0 Å². The molecule has 0 spiro atoms. The summed E-state index contributed by atoms with van der Waals surface area (Å²) in [6.45, 7) is 1.49. The molecule has 0 saturated heterocycles. The number of carbonyl (C=O) groups is 3. The van der Waals surface area contributed by atoms with Crippen LogP contribution < -0.4 is 10.6 Å². The highest BCUT2D eigenvalue weighted by molar-refractivity contribution is 8.14. The molecule has 0 aromatic heterocycles. The van der Waals surface area contributed by atoms with E-state index in [1.807, 2.05) is 14.1 Å². The summed E-state index contributed by atoms with van der Waals surface area (Å²) in [6.07, 6.45) is 0.887. The van der Waals surface area contributed by atoms with Crippen molar-refractivity contribution in [1.82, 2.24) is 9.91 Å². The largest absolute Gasteiger partial charge is 0.494 e. The number of carbonyl (C=O) groups excluding carboxylic acids is 3. The number of hydrazine groups is 1. The number of amides is 2. The minimum Gasteiger partial charge on any atom is -0.494 e. The topological polar surface area (TPSA) is 92.9 Å². The molecule has 0 saturated carbocycles. The maximum atomic E-state index is 12.4. The van der Waals surface area contributed by atoms with Gasteiger partial charge in [0.1, 0.15) is 5.75 Å². The number of imide groups is 1. The molecule has 154 valence electrons. The summed E-state index contributed by atoms with van der Waals surface area (Å²) in [6, 6.07) is 15.0. The van der Waals surface area contributed by atoms with E-state index < -0.39 is 11.8 Å². The summed E-state index contributed by atoms with van der Waals surface area (Å²) in [7, 11) is 3.99. The molecule has 0 aliphatic rings. The van der Waals surface area contributed by atoms with Crippen LogP contribution in [-0.2, 0) is 4.79 Å². The lowest BCUT2D eigenvalue weighted by atomic mass is 10.2. The van der Waals surface area contributed by atoms with E-state index in [-0.39, 0.29) is 16.4 Å². The van der Waals surface area contributed by atoms with Crippen LogP contribution in [0.5, 0.6) is 5.75 Å². The summed E-state index contributed by atoms with van der Waals surface area (Å²) in [4.78, 5) is 38.7. The zero-order chi connectivity index (χ0) is 21.2. The van der Waals surface area contributed by atoms with Gasteiger partial charge in [-0.1, -0.05) is 42.1 Å². The van der Waals surface area contributed by atoms with Gasteiger partial charge < -0.3 is 9.64 Å². The molecular formula is C21H25N3O4S. The Hall–Kier alpha value is -2.68. The van der Waals surface area contributed by atoms with E-state index >= 15 is 0 Å². The normalized spacial score (nSPS) is 10.6. The average molecular weight is 416 g/mol. The summed E-state index contributed by atoms with van der Waals surface area (Å²) in [5.74, 6) is 4.79. The molecule has 2 aromatic rings. The van der Waals surface area contributed by atoms with Crippen molar-refractivity contribution in [3.8, 4) is 5.75 Å². The number of ether oxygens (including phenoxy) is 1. The van der Waals surface area contributed by atoms with Crippen molar-refractivity contribution in [3.05, 3.63) is 65.7 Å². The SMILES string of the molecule is CN(C)CCCOc1ccc(C(=O)N(N)C(=O)CSC(=O)c2ccccc2)cc1. The van der Waals surface area contributed by atoms with Gasteiger partial charge in [0.15, 0.2) is 0 Å². The third-order valence-electron chi connectivity index (χ3n) is 3.94. The van der Waals surface area contributed by atoms with Crippen LogP contribution in [0.4, 0.5) is 0 Å². The first-order chi connectivity index (χ1) is 13.9. The molecule has 0 aliphatic heterocycles. The highest BCUT2D eigenvalue weighted by Gasteiger charge is 2.21. The minimum atomic E-state index is -0.645. The van der Waals surface area contributed by atoms with Crippen molar-refractivity contribution in [3.63, 3.8) is 0 Å². The van der Waals surface area contributed by atoms with Crippen molar-refractivity contribution >= 4 is 28.7 Å². The fourth-order valence-electron chi connectivity index (χ4n) is 2.37. The molecule has 0 heterocycles. The Kier molecular flexibility index (Phi) is 8.85. The van der Waals surface area contributed by atoms with E-state index in [9.17, 15) is 14.4 Å². The van der Waals surface area contributed by atoms with E-state index in [2.05, 4.69) is 4.90 Å². The molecule has 2 aromatic carbocycles. The van der Waals surface area contributed by atoms with Crippen molar-refractivity contribution in [2.45, 2.75) is 6.42 Å². The summed E-state index contributed by atoms with van der Waals surface area (Å²) >= 11 is 0.808. The molecule has 29 heavy (non-hydrogen) atoms. The van der Waals surface area contributed by atoms with Crippen LogP contribution in [0.15, 0.2) is 54.6 Å². The standard InChI is InChI=1S/C21H25N3O4S/c1-23(2)13-6-14-28-18-11-9-16(10-12-18)20(26)24(22)19(25)15-29-21(27)17-7-4-3-5-8-17/h3-5,7-12H,6,13-15,22H2,1-2H3. The molecule has 0 fully saturated rings. The number of thioether (sulfide) groups is 1. The molecule has 2 amide bonds. The highest BCUT2D eigenvalue weighted by atomic mass is 32.2. The van der Waals surface area contributed by atoms with Gasteiger partial charge in [-0.3, -0.25) is 14.4 Å². The van der Waals surface area contributed by atoms with Gasteiger partial charge in [0, 0.05) is 17.7 Å². The Bertz CT molecular complexity index is 826. The van der Waals surface area contributed by atoms with Crippen LogP contribution >= 0.6 is 11.8 Å². The van der Waals surface area contributed by atoms with Gasteiger partial charge in [-0.15, -0.1) is 0 Å². The Morgan fingerprint density at radius 2 is 1.62 bits per heavy atom. The lowest BCUT2D eigenvalue weighted by Crippen LogP contribution is -2.43. The van der Waals surface area contributed by atoms with E-state index in [0.717, 1.165) is 24.7 Å². The monoisotopic (exact) mass is 415 g/mol. The minimum absolute atomic E-state index is 0.219. The van der Waals surface area contributed by atoms with E-state index in [4.69, 9.17) is 10.6 Å². The summed E-state index contributed by atoms with van der Waals surface area (Å²) < 4.78 is 5.62. The predicted octanol–water partition coefficient (Wildman–Crippen LogP) is 2.43. The van der Waals surface area contributed by atoms with Crippen molar-refractivity contribution in [1.29, 1.82) is 0 Å². The lowest BCUT2D eigenvalue weighted by Gasteiger charge is -2.15. The number of benzene rings is 2. The molecule has 0 unspecified atom stereocenters. The summed E-state index contributed by atoms with van der Waals surface area (Å²) in [5.41, 5.74) is 0.752. The molecular weight excluding hydrogens is 390 g/mol. The van der Waals surface area contributed by atoms with Gasteiger partial charge in [0.05, 0.1) is 12.4 Å². The Morgan fingerprint density at radius 3 is 2.24 bits per heavy atom. The molecule has 0 bridgehead atoms. The molecule has 0 atom stereocenters. The van der Waals surface area contributed by atoms with Crippen LogP contribution in [0.25, 0.3) is 0 Å². The number of rotatable bonds is 9. The quantitative estimate of drug-likeness (QED) is 0.291. The lowest BCUT2D eigenvalue weighted by molar-refractivity contribution is -0.126. The number of nitrogens with zero attached hydrogens (tertiary/aromatic N) is 2. The van der Waals surface area contributed by atoms with Crippen LogP contribution in [0, 0.1) is 0 Å². The average Bonchev–Trinajstić information content (AvgIpc) is 2.74. The zero-order valence-corrected chi connectivity index (χ0v) is 17.4. The third kappa shape index (κ3) is 7.34. The van der Waals surface area contributed by atoms with Crippen LogP contribution in [0.2, 0.25) is 0 Å². The maximum absolute atomic E-state index is 12.4. The van der Waals surface area contributed by atoms with Crippen LogP contribution in [0.1, 0.15) is 27.1 Å².